The molecule has 4 aromatic rings. The van der Waals surface area contributed by atoms with E-state index in [-0.39, 0.29) is 23.8 Å². The predicted molar refractivity (Wildman–Crippen MR) is 113 cm³/mol. The van der Waals surface area contributed by atoms with Crippen molar-refractivity contribution in [2.24, 2.45) is 0 Å². The molecule has 8 nitrogen and oxygen atoms in total. The highest BCUT2D eigenvalue weighted by Crippen LogP contribution is 2.30. The van der Waals surface area contributed by atoms with Gasteiger partial charge in [0.05, 0.1) is 19.3 Å². The number of methoxy groups -OCH3 is 1. The van der Waals surface area contributed by atoms with Crippen LogP contribution < -0.4 is 15.2 Å². The maximum absolute atomic E-state index is 13.4. The van der Waals surface area contributed by atoms with E-state index >= 15 is 0 Å². The Kier molecular flexibility index (Phi) is 5.24. The summed E-state index contributed by atoms with van der Waals surface area (Å²) in [5, 5.41) is 3.45. The molecule has 0 atom stereocenters. The standard InChI is InChI=1S/C21H18ClN5O3/c1-13-11-19(28)27-21(23-13)24-18(25-27)12-26(16-5-3-4-6-17(16)30-2)20(29)14-7-9-15(22)10-8-14/h3-11H,12H2,1-2H3,(H,23,24,25). The summed E-state index contributed by atoms with van der Waals surface area (Å²) in [5.74, 6) is 0.905. The van der Waals surface area contributed by atoms with Gasteiger partial charge in [0.15, 0.2) is 0 Å². The van der Waals surface area contributed by atoms with Crippen molar-refractivity contribution in [3.8, 4) is 5.75 Å². The molecule has 0 bridgehead atoms. The van der Waals surface area contributed by atoms with Gasteiger partial charge in [-0.05, 0) is 43.3 Å². The summed E-state index contributed by atoms with van der Waals surface area (Å²) in [4.78, 5) is 35.7. The highest BCUT2D eigenvalue weighted by atomic mass is 35.5. The van der Waals surface area contributed by atoms with Crippen LogP contribution in [0.2, 0.25) is 5.02 Å². The number of hydrogen-bond acceptors (Lipinski definition) is 5. The number of carbonyl (C=O) groups excluding carboxylic acids is 1. The number of ether oxygens (including phenoxy) is 1. The van der Waals surface area contributed by atoms with Crippen LogP contribution in [0.3, 0.4) is 0 Å². The average Bonchev–Trinajstić information content (AvgIpc) is 3.15. The van der Waals surface area contributed by atoms with Crippen LogP contribution in [0.1, 0.15) is 21.9 Å². The Morgan fingerprint density at radius 1 is 1.17 bits per heavy atom. The number of anilines is 1. The molecule has 0 aliphatic heterocycles. The van der Waals surface area contributed by atoms with Crippen LogP contribution in [0.25, 0.3) is 5.78 Å². The number of nitrogens with zero attached hydrogens (tertiary/aromatic N) is 4. The van der Waals surface area contributed by atoms with Crippen LogP contribution >= 0.6 is 11.6 Å². The first-order valence-electron chi connectivity index (χ1n) is 9.12. The van der Waals surface area contributed by atoms with Gasteiger partial charge in [0.1, 0.15) is 11.6 Å². The van der Waals surface area contributed by atoms with E-state index in [0.717, 1.165) is 0 Å². The van der Waals surface area contributed by atoms with Gasteiger partial charge in [-0.1, -0.05) is 23.7 Å². The van der Waals surface area contributed by atoms with Gasteiger partial charge in [0, 0.05) is 22.3 Å². The number of aryl methyl sites for hydroxylation is 1. The molecular weight excluding hydrogens is 406 g/mol. The molecule has 4 rings (SSSR count). The highest BCUT2D eigenvalue weighted by Gasteiger charge is 2.23. The summed E-state index contributed by atoms with van der Waals surface area (Å²) >= 11 is 5.96. The first-order valence-corrected chi connectivity index (χ1v) is 9.50. The Labute approximate surface area is 176 Å². The molecule has 1 amide bonds. The number of para-hydroxylation sites is 2. The fourth-order valence-electron chi connectivity index (χ4n) is 3.12. The fraction of sp³-hybridized carbons (Fsp3) is 0.143. The molecule has 2 aromatic carbocycles. The quantitative estimate of drug-likeness (QED) is 0.532. The number of rotatable bonds is 5. The van der Waals surface area contributed by atoms with E-state index in [9.17, 15) is 9.59 Å². The second kappa shape index (κ2) is 8.00. The van der Waals surface area contributed by atoms with Gasteiger partial charge in [0.2, 0.25) is 0 Å². The minimum Gasteiger partial charge on any atom is -0.495 e. The second-order valence-corrected chi connectivity index (χ2v) is 7.05. The fourth-order valence-corrected chi connectivity index (χ4v) is 3.25. The van der Waals surface area contributed by atoms with Crippen LogP contribution in [-0.2, 0) is 6.54 Å². The topological polar surface area (TPSA) is 92.6 Å². The normalized spacial score (nSPS) is 10.9. The Bertz CT molecular complexity index is 1280. The molecule has 0 aliphatic rings. The Hall–Kier alpha value is -3.65. The zero-order valence-electron chi connectivity index (χ0n) is 16.3. The van der Waals surface area contributed by atoms with Crippen LogP contribution in [0.4, 0.5) is 5.69 Å². The molecule has 0 radical (unpaired) electrons. The highest BCUT2D eigenvalue weighted by molar-refractivity contribution is 6.30. The molecule has 0 saturated carbocycles. The van der Waals surface area contributed by atoms with Crippen molar-refractivity contribution in [1.29, 1.82) is 0 Å². The summed E-state index contributed by atoms with van der Waals surface area (Å²) in [5.41, 5.74) is 1.31. The minimum atomic E-state index is -0.274. The van der Waals surface area contributed by atoms with Crippen molar-refractivity contribution >= 4 is 29.0 Å². The average molecular weight is 424 g/mol. The van der Waals surface area contributed by atoms with Crippen LogP contribution in [0.5, 0.6) is 5.75 Å². The van der Waals surface area contributed by atoms with E-state index in [1.807, 2.05) is 12.1 Å². The zero-order chi connectivity index (χ0) is 21.3. The van der Waals surface area contributed by atoms with Gasteiger partial charge in [-0.25, -0.2) is 4.98 Å². The summed E-state index contributed by atoms with van der Waals surface area (Å²) < 4.78 is 6.70. The van der Waals surface area contributed by atoms with Gasteiger partial charge < -0.3 is 4.74 Å². The molecule has 2 aromatic heterocycles. The number of amides is 1. The smallest absolute Gasteiger partial charge is 0.274 e. The summed E-state index contributed by atoms with van der Waals surface area (Å²) in [6.45, 7) is 1.80. The molecule has 30 heavy (non-hydrogen) atoms. The molecule has 0 fully saturated rings. The summed E-state index contributed by atoms with van der Waals surface area (Å²) in [6.07, 6.45) is 0. The van der Waals surface area contributed by atoms with Gasteiger partial charge in [-0.15, -0.1) is 0 Å². The Morgan fingerprint density at radius 2 is 1.90 bits per heavy atom. The third-order valence-corrected chi connectivity index (χ3v) is 4.78. The van der Waals surface area contributed by atoms with E-state index in [1.54, 1.807) is 43.3 Å². The number of nitrogens with one attached hydrogen (secondary N) is 1. The number of benzene rings is 2. The number of aromatic nitrogens is 4. The third kappa shape index (κ3) is 3.77. The maximum Gasteiger partial charge on any atom is 0.274 e. The first-order chi connectivity index (χ1) is 14.5. The maximum atomic E-state index is 13.4. The van der Waals surface area contributed by atoms with E-state index in [4.69, 9.17) is 16.3 Å². The van der Waals surface area contributed by atoms with Gasteiger partial charge >= 0.3 is 0 Å². The summed E-state index contributed by atoms with van der Waals surface area (Å²) in [6, 6.07) is 15.2. The SMILES string of the molecule is COc1ccccc1N(Cc1nc2nc(C)cc(=O)n2[nH]1)C(=O)c1ccc(Cl)cc1. The first kappa shape index (κ1) is 19.7. The molecule has 0 saturated heterocycles. The van der Waals surface area contributed by atoms with Crippen molar-refractivity contribution in [1.82, 2.24) is 19.6 Å². The predicted octanol–water partition coefficient (Wildman–Crippen LogP) is 3.24. The van der Waals surface area contributed by atoms with Crippen molar-refractivity contribution in [2.45, 2.75) is 13.5 Å². The molecule has 9 heteroatoms. The Morgan fingerprint density at radius 3 is 2.63 bits per heavy atom. The second-order valence-electron chi connectivity index (χ2n) is 6.61. The van der Waals surface area contributed by atoms with E-state index in [2.05, 4.69) is 15.1 Å². The molecule has 0 aliphatic carbocycles. The molecule has 1 N–H and O–H groups in total. The molecule has 0 spiro atoms. The van der Waals surface area contributed by atoms with E-state index < -0.39 is 0 Å². The Balaban J connectivity index is 1.79. The van der Waals surface area contributed by atoms with Gasteiger partial charge in [-0.3, -0.25) is 19.6 Å². The molecule has 2 heterocycles. The lowest BCUT2D eigenvalue weighted by Crippen LogP contribution is -2.31. The monoisotopic (exact) mass is 423 g/mol. The van der Waals surface area contributed by atoms with Crippen LogP contribution in [-0.4, -0.2) is 32.6 Å². The lowest BCUT2D eigenvalue weighted by Gasteiger charge is -2.23. The number of fused-ring (bicyclic) bond motifs is 1. The lowest BCUT2D eigenvalue weighted by atomic mass is 10.1. The van der Waals surface area contributed by atoms with Crippen molar-refractivity contribution in [3.63, 3.8) is 0 Å². The van der Waals surface area contributed by atoms with E-state index in [0.29, 0.717) is 33.5 Å². The zero-order valence-corrected chi connectivity index (χ0v) is 17.1. The van der Waals surface area contributed by atoms with E-state index in [1.165, 1.54) is 22.6 Å². The van der Waals surface area contributed by atoms with Gasteiger partial charge in [0.25, 0.3) is 17.2 Å². The molecule has 152 valence electrons. The number of aromatic amines is 1. The minimum absolute atomic E-state index is 0.0731. The number of halogens is 1. The van der Waals surface area contributed by atoms with Crippen molar-refractivity contribution in [3.05, 3.63) is 87.1 Å². The molecular formula is C21H18ClN5O3. The molecule has 0 unspecified atom stereocenters. The van der Waals surface area contributed by atoms with Crippen molar-refractivity contribution < 1.29 is 9.53 Å². The third-order valence-electron chi connectivity index (χ3n) is 4.53. The summed E-state index contributed by atoms with van der Waals surface area (Å²) in [7, 11) is 1.54. The largest absolute Gasteiger partial charge is 0.495 e. The number of carbonyl (C=O) groups is 1. The number of H-pyrrole nitrogens is 1. The van der Waals surface area contributed by atoms with Crippen LogP contribution in [0, 0.1) is 6.92 Å². The van der Waals surface area contributed by atoms with Crippen molar-refractivity contribution in [2.75, 3.05) is 12.0 Å². The lowest BCUT2D eigenvalue weighted by molar-refractivity contribution is 0.0983. The van der Waals surface area contributed by atoms with Crippen LogP contribution in [0.15, 0.2) is 59.4 Å². The number of hydrogen-bond donors (Lipinski definition) is 1. The van der Waals surface area contributed by atoms with Gasteiger partial charge in [-0.2, -0.15) is 9.50 Å².